The number of ketones is 1. The zero-order chi connectivity index (χ0) is 23.1. The lowest BCUT2D eigenvalue weighted by Crippen LogP contribution is -2.10. The normalized spacial score (nSPS) is 13.9. The lowest BCUT2D eigenvalue weighted by atomic mass is 10.1. The number of aryl methyl sites for hydroxylation is 1. The summed E-state index contributed by atoms with van der Waals surface area (Å²) in [6.45, 7) is 4.68. The predicted octanol–water partition coefficient (Wildman–Crippen LogP) is 6.57. The number of hydrogen-bond donors (Lipinski definition) is 0. The van der Waals surface area contributed by atoms with E-state index in [1.807, 2.05) is 30.5 Å². The van der Waals surface area contributed by atoms with Crippen molar-refractivity contribution in [1.29, 1.82) is 0 Å². The van der Waals surface area contributed by atoms with Gasteiger partial charge in [-0.3, -0.25) is 4.79 Å². The molecule has 5 rings (SSSR count). The van der Waals surface area contributed by atoms with Crippen LogP contribution in [-0.2, 0) is 6.54 Å². The van der Waals surface area contributed by atoms with E-state index in [0.29, 0.717) is 32.7 Å². The largest absolute Gasteiger partial charge is 0.452 e. The van der Waals surface area contributed by atoms with E-state index >= 15 is 0 Å². The summed E-state index contributed by atoms with van der Waals surface area (Å²) in [6, 6.07) is 18.4. The van der Waals surface area contributed by atoms with Crippen LogP contribution in [0.3, 0.4) is 0 Å². The Morgan fingerprint density at radius 2 is 1.85 bits per heavy atom. The van der Waals surface area contributed by atoms with Gasteiger partial charge in [-0.05, 0) is 66.2 Å². The van der Waals surface area contributed by atoms with Gasteiger partial charge in [0.2, 0.25) is 5.78 Å². The number of para-hydroxylation sites is 1. The molecule has 0 aliphatic carbocycles. The summed E-state index contributed by atoms with van der Waals surface area (Å²) in [7, 11) is 0. The molecule has 5 nitrogen and oxygen atoms in total. The number of ether oxygens (including phenoxy) is 2. The third kappa shape index (κ3) is 3.66. The van der Waals surface area contributed by atoms with Crippen molar-refractivity contribution < 1.29 is 19.1 Å². The van der Waals surface area contributed by atoms with Crippen molar-refractivity contribution in [2.75, 3.05) is 0 Å². The van der Waals surface area contributed by atoms with Crippen molar-refractivity contribution in [3.8, 4) is 11.5 Å². The molecule has 0 radical (unpaired) electrons. The zero-order valence-electron chi connectivity index (χ0n) is 18.1. The number of allylic oxidation sites excluding steroid dienone is 1. The van der Waals surface area contributed by atoms with Gasteiger partial charge in [-0.2, -0.15) is 0 Å². The number of halogens is 1. The minimum atomic E-state index is -0.488. The number of aromatic nitrogens is 1. The number of benzene rings is 3. The predicted molar refractivity (Wildman–Crippen MR) is 131 cm³/mol. The molecule has 0 amide bonds. The van der Waals surface area contributed by atoms with Crippen LogP contribution in [0.2, 0.25) is 0 Å². The molecule has 0 saturated heterocycles. The molecule has 4 aromatic rings. The molecule has 2 heterocycles. The fraction of sp³-hybridized carbons (Fsp3) is 0.111. The molecular formula is C27H20BrNO4. The molecule has 1 aliphatic heterocycles. The lowest BCUT2D eigenvalue weighted by Gasteiger charge is -2.10. The first kappa shape index (κ1) is 21.2. The highest BCUT2D eigenvalue weighted by Gasteiger charge is 2.31. The highest BCUT2D eigenvalue weighted by molar-refractivity contribution is 9.10. The molecule has 0 bridgehead atoms. The Hall–Kier alpha value is -3.64. The Labute approximate surface area is 199 Å². The van der Waals surface area contributed by atoms with E-state index in [9.17, 15) is 9.59 Å². The fourth-order valence-corrected chi connectivity index (χ4v) is 4.50. The molecule has 0 fully saturated rings. The van der Waals surface area contributed by atoms with Crippen molar-refractivity contribution in [2.45, 2.75) is 20.4 Å². The van der Waals surface area contributed by atoms with Crippen molar-refractivity contribution >= 4 is 44.7 Å². The van der Waals surface area contributed by atoms with Gasteiger partial charge in [-0.1, -0.05) is 30.3 Å². The molecule has 0 spiro atoms. The van der Waals surface area contributed by atoms with Crippen LogP contribution in [-0.4, -0.2) is 16.3 Å². The van der Waals surface area contributed by atoms with Gasteiger partial charge in [0.15, 0.2) is 5.76 Å². The monoisotopic (exact) mass is 501 g/mol. The molecule has 0 unspecified atom stereocenters. The molecular weight excluding hydrogens is 482 g/mol. The van der Waals surface area contributed by atoms with Crippen LogP contribution >= 0.6 is 15.9 Å². The molecule has 0 atom stereocenters. The summed E-state index contributed by atoms with van der Waals surface area (Å²) in [5, 5.41) is 1.05. The standard InChI is InChI=1S/C27H20BrNO4/c1-3-29-15-17(18-8-5-7-11-22(18)29)14-24-25(30)20-12-13-23(16(2)26(20)32-24)33-27(31)19-9-4-6-10-21(19)28/h4-15H,3H2,1-2H3/b24-14-. The van der Waals surface area contributed by atoms with E-state index in [-0.39, 0.29) is 11.5 Å². The first-order valence-electron chi connectivity index (χ1n) is 10.6. The Bertz CT molecular complexity index is 1460. The summed E-state index contributed by atoms with van der Waals surface area (Å²) in [4.78, 5) is 25.7. The number of esters is 1. The SMILES string of the molecule is CCn1cc(/C=C2\Oc3c(ccc(OC(=O)c4ccccc4Br)c3C)C2=O)c2ccccc21. The number of rotatable bonds is 4. The van der Waals surface area contributed by atoms with Gasteiger partial charge in [0, 0.05) is 39.2 Å². The van der Waals surface area contributed by atoms with Crippen LogP contribution in [0.4, 0.5) is 0 Å². The quantitative estimate of drug-likeness (QED) is 0.180. The van der Waals surface area contributed by atoms with E-state index in [4.69, 9.17) is 9.47 Å². The molecule has 0 N–H and O–H groups in total. The van der Waals surface area contributed by atoms with Gasteiger partial charge < -0.3 is 14.0 Å². The summed E-state index contributed by atoms with van der Waals surface area (Å²) in [5.41, 5.74) is 3.50. The molecule has 1 aromatic heterocycles. The third-order valence-electron chi connectivity index (χ3n) is 5.78. The van der Waals surface area contributed by atoms with Gasteiger partial charge in [0.05, 0.1) is 11.1 Å². The number of fused-ring (bicyclic) bond motifs is 2. The van der Waals surface area contributed by atoms with Crippen LogP contribution in [0.25, 0.3) is 17.0 Å². The Kier molecular flexibility index (Phi) is 5.38. The smallest absolute Gasteiger partial charge is 0.344 e. The molecule has 0 saturated carbocycles. The Morgan fingerprint density at radius 1 is 1.09 bits per heavy atom. The second kappa shape index (κ2) is 8.37. The van der Waals surface area contributed by atoms with Crippen molar-refractivity contribution in [3.05, 3.63) is 99.3 Å². The summed E-state index contributed by atoms with van der Waals surface area (Å²) >= 11 is 3.37. The van der Waals surface area contributed by atoms with Gasteiger partial charge in [-0.25, -0.2) is 4.79 Å². The number of carbonyl (C=O) groups excluding carboxylic acids is 2. The average molecular weight is 502 g/mol. The number of carbonyl (C=O) groups is 2. The second-order valence-electron chi connectivity index (χ2n) is 7.76. The van der Waals surface area contributed by atoms with Crippen molar-refractivity contribution in [1.82, 2.24) is 4.57 Å². The maximum Gasteiger partial charge on any atom is 0.344 e. The highest BCUT2D eigenvalue weighted by Crippen LogP contribution is 2.40. The number of Topliss-reactive ketones (excluding diaryl/α,β-unsaturated/α-hetero) is 1. The van der Waals surface area contributed by atoms with Gasteiger partial charge in [0.1, 0.15) is 11.5 Å². The minimum absolute atomic E-state index is 0.190. The third-order valence-corrected chi connectivity index (χ3v) is 6.47. The van der Waals surface area contributed by atoms with E-state index in [1.54, 1.807) is 43.3 Å². The van der Waals surface area contributed by atoms with Crippen molar-refractivity contribution in [2.24, 2.45) is 0 Å². The number of nitrogens with zero attached hydrogens (tertiary/aromatic N) is 1. The van der Waals surface area contributed by atoms with E-state index in [1.165, 1.54) is 0 Å². The highest BCUT2D eigenvalue weighted by atomic mass is 79.9. The lowest BCUT2D eigenvalue weighted by molar-refractivity contribution is 0.0732. The Balaban J connectivity index is 1.48. The van der Waals surface area contributed by atoms with Crippen LogP contribution < -0.4 is 9.47 Å². The molecule has 1 aliphatic rings. The molecule has 6 heteroatoms. The topological polar surface area (TPSA) is 57.5 Å². The van der Waals surface area contributed by atoms with Crippen LogP contribution in [0.1, 0.15) is 38.8 Å². The molecule has 164 valence electrons. The van der Waals surface area contributed by atoms with Gasteiger partial charge in [0.25, 0.3) is 0 Å². The van der Waals surface area contributed by atoms with Crippen molar-refractivity contribution in [3.63, 3.8) is 0 Å². The van der Waals surface area contributed by atoms with Crippen LogP contribution in [0, 0.1) is 6.92 Å². The van der Waals surface area contributed by atoms with Gasteiger partial charge >= 0.3 is 5.97 Å². The number of hydrogen-bond acceptors (Lipinski definition) is 4. The maximum absolute atomic E-state index is 13.1. The zero-order valence-corrected chi connectivity index (χ0v) is 19.7. The molecule has 3 aromatic carbocycles. The summed E-state index contributed by atoms with van der Waals surface area (Å²) < 4.78 is 14.4. The second-order valence-corrected chi connectivity index (χ2v) is 8.62. The van der Waals surface area contributed by atoms with Gasteiger partial charge in [-0.15, -0.1) is 0 Å². The van der Waals surface area contributed by atoms with Crippen LogP contribution in [0.5, 0.6) is 11.5 Å². The Morgan fingerprint density at radius 3 is 2.64 bits per heavy atom. The van der Waals surface area contributed by atoms with E-state index < -0.39 is 5.97 Å². The van der Waals surface area contributed by atoms with Crippen LogP contribution in [0.15, 0.2) is 77.1 Å². The fourth-order valence-electron chi connectivity index (χ4n) is 4.05. The average Bonchev–Trinajstić information content (AvgIpc) is 3.34. The first-order valence-corrected chi connectivity index (χ1v) is 11.4. The minimum Gasteiger partial charge on any atom is -0.452 e. The van der Waals surface area contributed by atoms with E-state index in [0.717, 1.165) is 23.0 Å². The maximum atomic E-state index is 13.1. The first-order chi connectivity index (χ1) is 16.0. The molecule has 33 heavy (non-hydrogen) atoms. The summed E-state index contributed by atoms with van der Waals surface area (Å²) in [5.74, 6) is 0.346. The van der Waals surface area contributed by atoms with E-state index in [2.05, 4.69) is 33.5 Å². The summed E-state index contributed by atoms with van der Waals surface area (Å²) in [6.07, 6.45) is 3.80.